The number of benzene rings is 1. The molecule has 1 aromatic heterocycles. The Balaban J connectivity index is 1.83. The molecule has 22 heavy (non-hydrogen) atoms. The first kappa shape index (κ1) is 15.0. The van der Waals surface area contributed by atoms with Crippen molar-refractivity contribution in [3.8, 4) is 0 Å². The molecule has 1 aromatic carbocycles. The molecule has 0 saturated heterocycles. The summed E-state index contributed by atoms with van der Waals surface area (Å²) < 4.78 is 28.1. The number of amides is 1. The van der Waals surface area contributed by atoms with Gasteiger partial charge in [-0.1, -0.05) is 24.4 Å². The molecular weight excluding hydrogens is 312 g/mol. The molecule has 1 heterocycles. The Morgan fingerprint density at radius 1 is 1.27 bits per heavy atom. The Labute approximate surface area is 131 Å². The summed E-state index contributed by atoms with van der Waals surface area (Å²) in [5.74, 6) is -2.27. The summed E-state index contributed by atoms with van der Waals surface area (Å²) in [7, 11) is 0. The van der Waals surface area contributed by atoms with Crippen molar-refractivity contribution < 1.29 is 13.6 Å². The van der Waals surface area contributed by atoms with Gasteiger partial charge >= 0.3 is 0 Å². The Morgan fingerprint density at radius 2 is 1.95 bits per heavy atom. The van der Waals surface area contributed by atoms with Crippen molar-refractivity contribution in [2.75, 3.05) is 5.32 Å². The van der Waals surface area contributed by atoms with Crippen LogP contribution in [0, 0.1) is 11.6 Å². The Bertz CT molecular complexity index is 711. The number of nitrogens with zero attached hydrogens (tertiary/aromatic N) is 2. The van der Waals surface area contributed by atoms with Crippen LogP contribution in [0.25, 0.3) is 0 Å². The second-order valence-corrected chi connectivity index (χ2v) is 5.71. The highest BCUT2D eigenvalue weighted by Crippen LogP contribution is 2.31. The predicted molar refractivity (Wildman–Crippen MR) is 79.1 cm³/mol. The minimum Gasteiger partial charge on any atom is -0.307 e. The van der Waals surface area contributed by atoms with Gasteiger partial charge in [-0.25, -0.2) is 13.5 Å². The van der Waals surface area contributed by atoms with Crippen LogP contribution in [0.4, 0.5) is 14.6 Å². The number of carbonyl (C=O) groups excluding carboxylic acids is 1. The second-order valence-electron chi connectivity index (χ2n) is 5.30. The van der Waals surface area contributed by atoms with Crippen LogP contribution < -0.4 is 5.32 Å². The van der Waals surface area contributed by atoms with Gasteiger partial charge in [-0.3, -0.25) is 4.79 Å². The van der Waals surface area contributed by atoms with E-state index < -0.39 is 17.5 Å². The van der Waals surface area contributed by atoms with Gasteiger partial charge in [0, 0.05) is 6.07 Å². The normalized spacial score (nSPS) is 15.2. The lowest BCUT2D eigenvalue weighted by Crippen LogP contribution is -2.18. The number of hydrogen-bond acceptors (Lipinski definition) is 2. The number of aromatic nitrogens is 2. The highest BCUT2D eigenvalue weighted by Gasteiger charge is 2.22. The molecule has 1 aliphatic rings. The molecule has 0 bridgehead atoms. The fourth-order valence-electron chi connectivity index (χ4n) is 2.73. The molecule has 0 radical (unpaired) electrons. The molecular formula is C15H14ClF2N3O. The number of rotatable bonds is 3. The van der Waals surface area contributed by atoms with Crippen molar-refractivity contribution in [3.63, 3.8) is 0 Å². The first-order valence-electron chi connectivity index (χ1n) is 7.05. The van der Waals surface area contributed by atoms with E-state index in [1.165, 1.54) is 0 Å². The summed E-state index contributed by atoms with van der Waals surface area (Å²) in [6, 6.07) is 3.51. The summed E-state index contributed by atoms with van der Waals surface area (Å²) in [6.07, 6.45) is 5.88. The van der Waals surface area contributed by atoms with E-state index in [2.05, 4.69) is 10.4 Å². The third-order valence-corrected chi connectivity index (χ3v) is 4.15. The largest absolute Gasteiger partial charge is 0.307 e. The fraction of sp³-hybridized carbons (Fsp3) is 0.333. The standard InChI is InChI=1S/C15H14ClF2N3O/c16-11-8-13(18)12(17)7-10(11)15(22)20-14-5-6-19-21(14)9-3-1-2-4-9/h5-9H,1-4H2,(H,20,22). The maximum absolute atomic E-state index is 13.3. The van der Waals surface area contributed by atoms with Crippen molar-refractivity contribution in [2.24, 2.45) is 0 Å². The van der Waals surface area contributed by atoms with Crippen LogP contribution in [0.1, 0.15) is 42.1 Å². The summed E-state index contributed by atoms with van der Waals surface area (Å²) >= 11 is 5.81. The van der Waals surface area contributed by atoms with E-state index in [-0.39, 0.29) is 16.6 Å². The Kier molecular flexibility index (Phi) is 4.11. The van der Waals surface area contributed by atoms with Crippen molar-refractivity contribution in [2.45, 2.75) is 31.7 Å². The molecule has 116 valence electrons. The molecule has 1 amide bonds. The van der Waals surface area contributed by atoms with E-state index in [1.54, 1.807) is 16.9 Å². The zero-order valence-corrected chi connectivity index (χ0v) is 12.4. The maximum Gasteiger partial charge on any atom is 0.258 e. The quantitative estimate of drug-likeness (QED) is 0.860. The van der Waals surface area contributed by atoms with Crippen LogP contribution in [0.5, 0.6) is 0 Å². The predicted octanol–water partition coefficient (Wildman–Crippen LogP) is 4.18. The molecule has 4 nitrogen and oxygen atoms in total. The lowest BCUT2D eigenvalue weighted by molar-refractivity contribution is 0.102. The molecule has 1 saturated carbocycles. The topological polar surface area (TPSA) is 46.9 Å². The lowest BCUT2D eigenvalue weighted by Gasteiger charge is -2.15. The molecule has 0 atom stereocenters. The summed E-state index contributed by atoms with van der Waals surface area (Å²) in [6.45, 7) is 0. The van der Waals surface area contributed by atoms with Gasteiger partial charge in [-0.05, 0) is 25.0 Å². The lowest BCUT2D eigenvalue weighted by atomic mass is 10.2. The molecule has 0 aliphatic heterocycles. The Hall–Kier alpha value is -1.95. The average molecular weight is 326 g/mol. The van der Waals surface area contributed by atoms with Crippen molar-refractivity contribution in [1.82, 2.24) is 9.78 Å². The number of carbonyl (C=O) groups is 1. The molecule has 3 rings (SSSR count). The average Bonchev–Trinajstić information content (AvgIpc) is 3.13. The number of halogens is 3. The Morgan fingerprint density at radius 3 is 2.68 bits per heavy atom. The second kappa shape index (κ2) is 6.04. The summed E-state index contributed by atoms with van der Waals surface area (Å²) in [5.41, 5.74) is -0.111. The molecule has 0 spiro atoms. The van der Waals surface area contributed by atoms with Crippen molar-refractivity contribution in [1.29, 1.82) is 0 Å². The minimum absolute atomic E-state index is 0.111. The van der Waals surface area contributed by atoms with E-state index in [1.807, 2.05) is 0 Å². The molecule has 2 aromatic rings. The van der Waals surface area contributed by atoms with Gasteiger partial charge in [0.2, 0.25) is 0 Å². The van der Waals surface area contributed by atoms with Crippen LogP contribution >= 0.6 is 11.6 Å². The fourth-order valence-corrected chi connectivity index (χ4v) is 2.97. The van der Waals surface area contributed by atoms with Gasteiger partial charge < -0.3 is 5.32 Å². The first-order valence-corrected chi connectivity index (χ1v) is 7.43. The highest BCUT2D eigenvalue weighted by atomic mass is 35.5. The number of hydrogen-bond donors (Lipinski definition) is 1. The number of anilines is 1. The zero-order valence-electron chi connectivity index (χ0n) is 11.7. The minimum atomic E-state index is -1.11. The maximum atomic E-state index is 13.3. The van der Waals surface area contributed by atoms with Crippen molar-refractivity contribution in [3.05, 3.63) is 46.6 Å². The third-order valence-electron chi connectivity index (χ3n) is 3.84. The van der Waals surface area contributed by atoms with Gasteiger partial charge in [-0.2, -0.15) is 5.10 Å². The zero-order chi connectivity index (χ0) is 15.7. The van der Waals surface area contributed by atoms with E-state index in [0.29, 0.717) is 5.82 Å². The molecule has 1 fully saturated rings. The van der Waals surface area contributed by atoms with Crippen LogP contribution in [0.2, 0.25) is 5.02 Å². The molecule has 1 N–H and O–H groups in total. The molecule has 1 aliphatic carbocycles. The van der Waals surface area contributed by atoms with E-state index in [4.69, 9.17) is 11.6 Å². The smallest absolute Gasteiger partial charge is 0.258 e. The van der Waals surface area contributed by atoms with Gasteiger partial charge in [0.1, 0.15) is 5.82 Å². The summed E-state index contributed by atoms with van der Waals surface area (Å²) in [5, 5.41) is 6.76. The van der Waals surface area contributed by atoms with Gasteiger partial charge in [0.05, 0.1) is 22.8 Å². The van der Waals surface area contributed by atoms with E-state index in [9.17, 15) is 13.6 Å². The molecule has 7 heteroatoms. The highest BCUT2D eigenvalue weighted by molar-refractivity contribution is 6.34. The van der Waals surface area contributed by atoms with Gasteiger partial charge in [0.25, 0.3) is 5.91 Å². The van der Waals surface area contributed by atoms with Crippen LogP contribution in [0.15, 0.2) is 24.4 Å². The third kappa shape index (κ3) is 2.83. The molecule has 0 unspecified atom stereocenters. The van der Waals surface area contributed by atoms with Crippen molar-refractivity contribution >= 4 is 23.3 Å². The number of nitrogens with one attached hydrogen (secondary N) is 1. The van der Waals surface area contributed by atoms with Crippen LogP contribution in [0.3, 0.4) is 0 Å². The van der Waals surface area contributed by atoms with Crippen LogP contribution in [-0.4, -0.2) is 15.7 Å². The summed E-state index contributed by atoms with van der Waals surface area (Å²) in [4.78, 5) is 12.2. The SMILES string of the molecule is O=C(Nc1ccnn1C1CCCC1)c1cc(F)c(F)cc1Cl. The van der Waals surface area contributed by atoms with Gasteiger partial charge in [0.15, 0.2) is 11.6 Å². The van der Waals surface area contributed by atoms with Gasteiger partial charge in [-0.15, -0.1) is 0 Å². The monoisotopic (exact) mass is 325 g/mol. The van der Waals surface area contributed by atoms with E-state index in [0.717, 1.165) is 37.8 Å². The first-order chi connectivity index (χ1) is 10.6. The van der Waals surface area contributed by atoms with E-state index >= 15 is 0 Å². The van der Waals surface area contributed by atoms with Crippen LogP contribution in [-0.2, 0) is 0 Å².